The number of hydrogen-bond donors (Lipinski definition) is 1. The monoisotopic (exact) mass is 420 g/mol. The lowest BCUT2D eigenvalue weighted by molar-refractivity contribution is -0.154. The number of carbonyl (C=O) groups excluding carboxylic acids is 4. The first-order chi connectivity index (χ1) is 15.0. The van der Waals surface area contributed by atoms with Gasteiger partial charge in [0.15, 0.2) is 6.61 Å². The lowest BCUT2D eigenvalue weighted by atomic mass is 9.81. The van der Waals surface area contributed by atoms with Gasteiger partial charge in [-0.1, -0.05) is 55.3 Å². The van der Waals surface area contributed by atoms with Gasteiger partial charge in [-0.3, -0.25) is 24.1 Å². The average Bonchev–Trinajstić information content (AvgIpc) is 3.04. The van der Waals surface area contributed by atoms with Gasteiger partial charge in [-0.2, -0.15) is 0 Å². The van der Waals surface area contributed by atoms with Crippen LogP contribution < -0.4 is 5.32 Å². The summed E-state index contributed by atoms with van der Waals surface area (Å²) in [6.07, 6.45) is 3.22. The number of benzene rings is 2. The van der Waals surface area contributed by atoms with Crippen LogP contribution in [0.5, 0.6) is 0 Å². The van der Waals surface area contributed by atoms with Crippen molar-refractivity contribution >= 4 is 29.4 Å². The number of anilines is 1. The maximum atomic E-state index is 12.4. The van der Waals surface area contributed by atoms with Gasteiger partial charge in [0.05, 0.1) is 11.8 Å². The van der Waals surface area contributed by atoms with Crippen LogP contribution in [0.25, 0.3) is 11.1 Å². The van der Waals surface area contributed by atoms with Gasteiger partial charge in [-0.05, 0) is 36.1 Å². The Balaban J connectivity index is 1.25. The number of rotatable bonds is 6. The largest absolute Gasteiger partial charge is 0.454 e. The van der Waals surface area contributed by atoms with E-state index < -0.39 is 25.0 Å². The molecule has 3 amide bonds. The van der Waals surface area contributed by atoms with Gasteiger partial charge in [0.2, 0.25) is 11.8 Å². The lowest BCUT2D eigenvalue weighted by Crippen LogP contribution is -2.37. The number of hydrogen-bond acceptors (Lipinski definition) is 5. The fourth-order valence-electron chi connectivity index (χ4n) is 4.28. The zero-order valence-electron chi connectivity index (χ0n) is 17.1. The van der Waals surface area contributed by atoms with Crippen LogP contribution in [0, 0.1) is 11.8 Å². The number of likely N-dealkylation sites (tertiary alicyclic amines) is 1. The maximum Gasteiger partial charge on any atom is 0.326 e. The molecule has 31 heavy (non-hydrogen) atoms. The molecule has 2 aromatic carbocycles. The highest BCUT2D eigenvalue weighted by Crippen LogP contribution is 2.37. The predicted molar refractivity (Wildman–Crippen MR) is 114 cm³/mol. The average molecular weight is 420 g/mol. The van der Waals surface area contributed by atoms with Crippen LogP contribution in [-0.4, -0.2) is 41.7 Å². The molecule has 1 aliphatic heterocycles. The summed E-state index contributed by atoms with van der Waals surface area (Å²) < 4.78 is 4.98. The summed E-state index contributed by atoms with van der Waals surface area (Å²) >= 11 is 0. The van der Waals surface area contributed by atoms with Crippen molar-refractivity contribution in [1.82, 2.24) is 4.90 Å². The molecule has 0 aromatic heterocycles. The van der Waals surface area contributed by atoms with Gasteiger partial charge in [-0.15, -0.1) is 0 Å². The molecule has 2 fully saturated rings. The summed E-state index contributed by atoms with van der Waals surface area (Å²) in [5, 5.41) is 2.66. The van der Waals surface area contributed by atoms with Crippen molar-refractivity contribution in [3.63, 3.8) is 0 Å². The third-order valence-electron chi connectivity index (χ3n) is 5.86. The molecule has 0 unspecified atom stereocenters. The van der Waals surface area contributed by atoms with Gasteiger partial charge >= 0.3 is 5.97 Å². The second kappa shape index (κ2) is 9.12. The highest BCUT2D eigenvalue weighted by molar-refractivity contribution is 6.07. The van der Waals surface area contributed by atoms with Crippen molar-refractivity contribution in [3.8, 4) is 11.1 Å². The normalized spacial score (nSPS) is 20.3. The van der Waals surface area contributed by atoms with Crippen LogP contribution in [0.2, 0.25) is 0 Å². The highest BCUT2D eigenvalue weighted by atomic mass is 16.5. The summed E-state index contributed by atoms with van der Waals surface area (Å²) in [6, 6.07) is 17.2. The first-order valence-corrected chi connectivity index (χ1v) is 10.5. The molecule has 0 bridgehead atoms. The Kier molecular flexibility index (Phi) is 6.11. The van der Waals surface area contributed by atoms with Crippen molar-refractivity contribution in [2.24, 2.45) is 11.8 Å². The van der Waals surface area contributed by atoms with Crippen LogP contribution in [-0.2, 0) is 23.9 Å². The van der Waals surface area contributed by atoms with Gasteiger partial charge in [0.25, 0.3) is 5.91 Å². The SMILES string of the molecule is O=C(COC(=O)CN1C(=O)[C@H]2CCCC[C@H]2C1=O)Nc1ccc(-c2ccccc2)cc1. The first kappa shape index (κ1) is 20.8. The zero-order chi connectivity index (χ0) is 21.8. The van der Waals surface area contributed by atoms with E-state index in [1.807, 2.05) is 42.5 Å². The second-order valence-corrected chi connectivity index (χ2v) is 7.91. The molecule has 7 nitrogen and oxygen atoms in total. The summed E-state index contributed by atoms with van der Waals surface area (Å²) in [5.74, 6) is -2.47. The Morgan fingerprint density at radius 1 is 0.871 bits per heavy atom. The first-order valence-electron chi connectivity index (χ1n) is 10.5. The van der Waals surface area contributed by atoms with Crippen molar-refractivity contribution in [3.05, 3.63) is 54.6 Å². The number of nitrogens with zero attached hydrogens (tertiary/aromatic N) is 1. The molecule has 2 aromatic rings. The Bertz CT molecular complexity index is 963. The number of nitrogens with one attached hydrogen (secondary N) is 1. The third-order valence-corrected chi connectivity index (χ3v) is 5.86. The maximum absolute atomic E-state index is 12.4. The highest BCUT2D eigenvalue weighted by Gasteiger charge is 2.48. The number of esters is 1. The molecule has 1 heterocycles. The van der Waals surface area contributed by atoms with Crippen molar-refractivity contribution < 1.29 is 23.9 Å². The Labute approximate surface area is 180 Å². The molecule has 1 saturated carbocycles. The molecule has 1 aliphatic carbocycles. The smallest absolute Gasteiger partial charge is 0.326 e. The predicted octanol–water partition coefficient (Wildman–Crippen LogP) is 3.01. The molecular formula is C24H24N2O5. The van der Waals surface area contributed by atoms with E-state index in [0.29, 0.717) is 18.5 Å². The van der Waals surface area contributed by atoms with Gasteiger partial charge in [0, 0.05) is 5.69 Å². The molecule has 2 aliphatic rings. The molecule has 160 valence electrons. The van der Waals surface area contributed by atoms with Crippen molar-refractivity contribution in [2.75, 3.05) is 18.5 Å². The minimum Gasteiger partial charge on any atom is -0.454 e. The van der Waals surface area contributed by atoms with E-state index in [9.17, 15) is 19.2 Å². The Morgan fingerprint density at radius 2 is 1.45 bits per heavy atom. The fraction of sp³-hybridized carbons (Fsp3) is 0.333. The van der Waals surface area contributed by atoms with E-state index in [-0.39, 0.29) is 23.7 Å². The van der Waals surface area contributed by atoms with E-state index in [1.54, 1.807) is 12.1 Å². The molecule has 0 spiro atoms. The molecule has 1 N–H and O–H groups in total. The molecule has 4 rings (SSSR count). The van der Waals surface area contributed by atoms with Crippen LogP contribution in [0.4, 0.5) is 5.69 Å². The summed E-state index contributed by atoms with van der Waals surface area (Å²) in [5.41, 5.74) is 2.67. The number of carbonyl (C=O) groups is 4. The van der Waals surface area contributed by atoms with E-state index >= 15 is 0 Å². The Morgan fingerprint density at radius 3 is 2.06 bits per heavy atom. The number of amides is 3. The fourth-order valence-corrected chi connectivity index (χ4v) is 4.28. The van der Waals surface area contributed by atoms with Crippen molar-refractivity contribution in [1.29, 1.82) is 0 Å². The van der Waals surface area contributed by atoms with E-state index in [2.05, 4.69) is 5.32 Å². The standard InChI is InChI=1S/C24H24N2O5/c27-21(25-18-12-10-17(11-13-18)16-6-2-1-3-7-16)15-31-22(28)14-26-23(29)19-8-4-5-9-20(19)24(26)30/h1-3,6-7,10-13,19-20H,4-5,8-9,14-15H2,(H,25,27)/t19-,20+. The van der Waals surface area contributed by atoms with Crippen molar-refractivity contribution in [2.45, 2.75) is 25.7 Å². The van der Waals surface area contributed by atoms with E-state index in [4.69, 9.17) is 4.74 Å². The molecule has 7 heteroatoms. The van der Waals surface area contributed by atoms with E-state index in [0.717, 1.165) is 28.9 Å². The van der Waals surface area contributed by atoms with Crippen LogP contribution in [0.1, 0.15) is 25.7 Å². The van der Waals surface area contributed by atoms with Crippen LogP contribution >= 0.6 is 0 Å². The minimum atomic E-state index is -0.769. The molecule has 2 atom stereocenters. The van der Waals surface area contributed by atoms with Gasteiger partial charge in [-0.25, -0.2) is 0 Å². The topological polar surface area (TPSA) is 92.8 Å². The number of ether oxygens (including phenoxy) is 1. The quantitative estimate of drug-likeness (QED) is 0.573. The molecule has 0 radical (unpaired) electrons. The van der Waals surface area contributed by atoms with Gasteiger partial charge < -0.3 is 10.1 Å². The summed E-state index contributed by atoms with van der Waals surface area (Å²) in [6.45, 7) is -0.925. The van der Waals surface area contributed by atoms with E-state index in [1.165, 1.54) is 0 Å². The van der Waals surface area contributed by atoms with Gasteiger partial charge in [0.1, 0.15) is 6.54 Å². The molecular weight excluding hydrogens is 396 g/mol. The Hall–Kier alpha value is -3.48. The second-order valence-electron chi connectivity index (χ2n) is 7.91. The summed E-state index contributed by atoms with van der Waals surface area (Å²) in [4.78, 5) is 50.0. The van der Waals surface area contributed by atoms with Crippen LogP contribution in [0.15, 0.2) is 54.6 Å². The third kappa shape index (κ3) is 4.66. The lowest BCUT2D eigenvalue weighted by Gasteiger charge is -2.19. The number of fused-ring (bicyclic) bond motifs is 1. The summed E-state index contributed by atoms with van der Waals surface area (Å²) in [7, 11) is 0. The molecule has 1 saturated heterocycles. The number of imide groups is 1. The zero-order valence-corrected chi connectivity index (χ0v) is 17.1. The minimum absolute atomic E-state index is 0.297. The van der Waals surface area contributed by atoms with Crippen LogP contribution in [0.3, 0.4) is 0 Å².